The first kappa shape index (κ1) is 27.0. The van der Waals surface area contributed by atoms with Crippen molar-refractivity contribution in [2.75, 3.05) is 13.1 Å². The van der Waals surface area contributed by atoms with Gasteiger partial charge in [0, 0.05) is 13.1 Å². The molecule has 11 nitrogen and oxygen atoms in total. The molecule has 0 saturated heterocycles. The minimum absolute atomic E-state index is 0.151. The Morgan fingerprint density at radius 1 is 0.828 bits per heavy atom. The van der Waals surface area contributed by atoms with Crippen molar-refractivity contribution in [2.24, 2.45) is 17.2 Å². The summed E-state index contributed by atoms with van der Waals surface area (Å²) in [6.07, 6.45) is 3.66. The summed E-state index contributed by atoms with van der Waals surface area (Å²) in [6, 6.07) is -2.92. The average Bonchev–Trinajstić information content (AvgIpc) is 2.65. The van der Waals surface area contributed by atoms with Crippen molar-refractivity contribution >= 4 is 17.9 Å². The SMILES string of the molecule is N[C@@H](CCCC=C(CC[C@H](N)C(=O)O)CNCC(O)CC[C@H](N)C(=O)O)C(=O)O. The molecular weight excluding hydrogens is 384 g/mol. The molecule has 0 amide bonds. The maximum Gasteiger partial charge on any atom is 0.320 e. The summed E-state index contributed by atoms with van der Waals surface area (Å²) in [6.45, 7) is 0.609. The molecule has 0 aromatic heterocycles. The summed E-state index contributed by atoms with van der Waals surface area (Å²) < 4.78 is 0. The number of aliphatic hydroxyl groups is 1. The van der Waals surface area contributed by atoms with Crippen LogP contribution in [0.3, 0.4) is 0 Å². The second-order valence-electron chi connectivity index (χ2n) is 7.03. The molecule has 4 atom stereocenters. The van der Waals surface area contributed by atoms with E-state index in [-0.39, 0.29) is 25.8 Å². The summed E-state index contributed by atoms with van der Waals surface area (Å²) in [4.78, 5) is 32.3. The molecule has 1 unspecified atom stereocenters. The molecular formula is C18H34N4O7. The molecule has 0 bridgehead atoms. The van der Waals surface area contributed by atoms with Crippen LogP contribution in [-0.2, 0) is 14.4 Å². The molecule has 0 rings (SSSR count). The van der Waals surface area contributed by atoms with Crippen LogP contribution in [-0.4, -0.2) is 75.7 Å². The van der Waals surface area contributed by atoms with E-state index < -0.39 is 42.1 Å². The highest BCUT2D eigenvalue weighted by Gasteiger charge is 2.15. The van der Waals surface area contributed by atoms with Gasteiger partial charge in [-0.25, -0.2) is 0 Å². The smallest absolute Gasteiger partial charge is 0.320 e. The van der Waals surface area contributed by atoms with Crippen LogP contribution < -0.4 is 22.5 Å². The Balaban J connectivity index is 4.49. The lowest BCUT2D eigenvalue weighted by Crippen LogP contribution is -2.34. The van der Waals surface area contributed by atoms with Gasteiger partial charge in [0.25, 0.3) is 0 Å². The van der Waals surface area contributed by atoms with Crippen LogP contribution >= 0.6 is 0 Å². The normalized spacial score (nSPS) is 16.1. The van der Waals surface area contributed by atoms with Gasteiger partial charge in [-0.05, 0) is 44.9 Å². The van der Waals surface area contributed by atoms with Gasteiger partial charge in [0.1, 0.15) is 18.1 Å². The summed E-state index contributed by atoms with van der Waals surface area (Å²) >= 11 is 0. The highest BCUT2D eigenvalue weighted by atomic mass is 16.4. The first-order valence-corrected chi connectivity index (χ1v) is 9.56. The van der Waals surface area contributed by atoms with E-state index in [1.807, 2.05) is 6.08 Å². The van der Waals surface area contributed by atoms with Crippen LogP contribution in [0.5, 0.6) is 0 Å². The van der Waals surface area contributed by atoms with Gasteiger partial charge in [-0.1, -0.05) is 11.6 Å². The summed E-state index contributed by atoms with van der Waals surface area (Å²) in [5.41, 5.74) is 17.3. The average molecular weight is 418 g/mol. The number of carboxylic acid groups (broad SMARTS) is 3. The minimum atomic E-state index is -1.12. The van der Waals surface area contributed by atoms with E-state index in [0.29, 0.717) is 32.2 Å². The van der Waals surface area contributed by atoms with Gasteiger partial charge in [-0.2, -0.15) is 0 Å². The highest BCUT2D eigenvalue weighted by Crippen LogP contribution is 2.11. The fourth-order valence-corrected chi connectivity index (χ4v) is 2.49. The second-order valence-corrected chi connectivity index (χ2v) is 7.03. The molecule has 0 spiro atoms. The van der Waals surface area contributed by atoms with E-state index in [2.05, 4.69) is 5.32 Å². The third-order valence-electron chi connectivity index (χ3n) is 4.42. The fourth-order valence-electron chi connectivity index (χ4n) is 2.49. The summed E-state index contributed by atoms with van der Waals surface area (Å²) in [5, 5.41) is 39.4. The van der Waals surface area contributed by atoms with Crippen LogP contribution in [0, 0.1) is 0 Å². The third kappa shape index (κ3) is 13.7. The van der Waals surface area contributed by atoms with E-state index in [1.165, 1.54) is 0 Å². The fraction of sp³-hybridized carbons (Fsp3) is 0.722. The van der Waals surface area contributed by atoms with Gasteiger partial charge in [0.05, 0.1) is 6.10 Å². The number of carboxylic acids is 3. The summed E-state index contributed by atoms with van der Waals surface area (Å²) in [7, 11) is 0. The standard InChI is InChI=1S/C18H34N4O7/c19-13(16(24)25)4-2-1-3-11(5-7-14(20)17(26)27)9-22-10-12(23)6-8-15(21)18(28)29/h3,12-15,22-23H,1-2,4-10,19-21H2,(H,24,25)(H,26,27)(H,28,29)/t12?,13-,14-,15-/m0/s1. The number of allylic oxidation sites excluding steroid dienone is 1. The predicted molar refractivity (Wildman–Crippen MR) is 106 cm³/mol. The molecule has 11 heteroatoms. The van der Waals surface area contributed by atoms with Crippen molar-refractivity contribution in [3.63, 3.8) is 0 Å². The number of nitrogens with one attached hydrogen (secondary N) is 1. The highest BCUT2D eigenvalue weighted by molar-refractivity contribution is 5.73. The zero-order valence-electron chi connectivity index (χ0n) is 16.5. The maximum absolute atomic E-state index is 10.9. The molecule has 168 valence electrons. The molecule has 0 heterocycles. The monoisotopic (exact) mass is 418 g/mol. The van der Waals surface area contributed by atoms with Gasteiger partial charge in [0.15, 0.2) is 0 Å². The Bertz CT molecular complexity index is 556. The van der Waals surface area contributed by atoms with Gasteiger partial charge in [0.2, 0.25) is 0 Å². The van der Waals surface area contributed by atoms with Crippen LogP contribution in [0.25, 0.3) is 0 Å². The topological polar surface area (TPSA) is 222 Å². The van der Waals surface area contributed by atoms with Gasteiger partial charge < -0.3 is 42.9 Å². The zero-order chi connectivity index (χ0) is 22.4. The number of rotatable bonds is 17. The number of nitrogens with two attached hydrogens (primary N) is 3. The Labute approximate surface area is 169 Å². The lowest BCUT2D eigenvalue weighted by atomic mass is 10.0. The van der Waals surface area contributed by atoms with Crippen LogP contribution in [0.1, 0.15) is 44.9 Å². The van der Waals surface area contributed by atoms with Crippen LogP contribution in [0.2, 0.25) is 0 Å². The van der Waals surface area contributed by atoms with Crippen molar-refractivity contribution in [1.82, 2.24) is 5.32 Å². The van der Waals surface area contributed by atoms with Crippen LogP contribution in [0.4, 0.5) is 0 Å². The Morgan fingerprint density at radius 2 is 1.34 bits per heavy atom. The third-order valence-corrected chi connectivity index (χ3v) is 4.42. The zero-order valence-corrected chi connectivity index (χ0v) is 16.5. The molecule has 0 saturated carbocycles. The maximum atomic E-state index is 10.9. The number of hydrogen-bond acceptors (Lipinski definition) is 8. The number of aliphatic hydroxyl groups excluding tert-OH is 1. The molecule has 0 aromatic rings. The molecule has 29 heavy (non-hydrogen) atoms. The van der Waals surface area contributed by atoms with Crippen molar-refractivity contribution in [2.45, 2.75) is 69.2 Å². The van der Waals surface area contributed by atoms with E-state index in [4.69, 9.17) is 32.5 Å². The minimum Gasteiger partial charge on any atom is -0.480 e. The number of hydrogen-bond donors (Lipinski definition) is 8. The summed E-state index contributed by atoms with van der Waals surface area (Å²) in [5.74, 6) is -3.26. The Hall–Kier alpha value is -2.05. The number of unbranched alkanes of at least 4 members (excludes halogenated alkanes) is 1. The molecule has 0 aromatic carbocycles. The Morgan fingerprint density at radius 3 is 1.90 bits per heavy atom. The molecule has 0 aliphatic heterocycles. The largest absolute Gasteiger partial charge is 0.480 e. The first-order valence-electron chi connectivity index (χ1n) is 9.56. The number of aliphatic carboxylic acids is 3. The van der Waals surface area contributed by atoms with E-state index in [0.717, 1.165) is 5.57 Å². The van der Waals surface area contributed by atoms with Gasteiger partial charge in [-0.15, -0.1) is 0 Å². The first-order chi connectivity index (χ1) is 13.5. The van der Waals surface area contributed by atoms with E-state index in [1.54, 1.807) is 0 Å². The Kier molecular flexibility index (Phi) is 13.8. The van der Waals surface area contributed by atoms with Crippen molar-refractivity contribution in [3.8, 4) is 0 Å². The molecule has 0 radical (unpaired) electrons. The van der Waals surface area contributed by atoms with Crippen molar-refractivity contribution in [3.05, 3.63) is 11.6 Å². The van der Waals surface area contributed by atoms with E-state index in [9.17, 15) is 19.5 Å². The van der Waals surface area contributed by atoms with Crippen molar-refractivity contribution < 1.29 is 34.8 Å². The molecule has 0 fully saturated rings. The number of carbonyl (C=O) groups is 3. The molecule has 11 N–H and O–H groups in total. The molecule has 0 aliphatic carbocycles. The van der Waals surface area contributed by atoms with Gasteiger partial charge in [-0.3, -0.25) is 14.4 Å². The lowest BCUT2D eigenvalue weighted by Gasteiger charge is -2.15. The second kappa shape index (κ2) is 14.9. The van der Waals surface area contributed by atoms with Gasteiger partial charge >= 0.3 is 17.9 Å². The lowest BCUT2D eigenvalue weighted by molar-refractivity contribution is -0.139. The molecule has 0 aliphatic rings. The predicted octanol–water partition coefficient (Wildman–Crippen LogP) is -1.17. The van der Waals surface area contributed by atoms with Crippen LogP contribution in [0.15, 0.2) is 11.6 Å². The van der Waals surface area contributed by atoms with Crippen molar-refractivity contribution in [1.29, 1.82) is 0 Å². The quantitative estimate of drug-likeness (QED) is 0.104. The van der Waals surface area contributed by atoms with E-state index >= 15 is 0 Å².